The number of anilines is 1. The van der Waals surface area contributed by atoms with Crippen molar-refractivity contribution in [2.75, 3.05) is 5.73 Å². The highest BCUT2D eigenvalue weighted by molar-refractivity contribution is 8.03. The van der Waals surface area contributed by atoms with Gasteiger partial charge in [0.15, 0.2) is 5.13 Å². The zero-order valence-electron chi connectivity index (χ0n) is 15.2. The predicted molar refractivity (Wildman–Crippen MR) is 112 cm³/mol. The van der Waals surface area contributed by atoms with E-state index < -0.39 is 35.9 Å². The lowest BCUT2D eigenvalue weighted by Gasteiger charge is -2.50. The molecule has 12 nitrogen and oxygen atoms in total. The van der Waals surface area contributed by atoms with E-state index in [1.807, 2.05) is 0 Å². The van der Waals surface area contributed by atoms with Crippen molar-refractivity contribution in [1.82, 2.24) is 23.9 Å². The minimum atomic E-state index is -1.58. The molecule has 1 saturated heterocycles. The molecule has 0 aliphatic carbocycles. The second kappa shape index (κ2) is 8.49. The molecular weight excluding hydrogens is 490 g/mol. The Bertz CT molecular complexity index is 1100. The van der Waals surface area contributed by atoms with Crippen LogP contribution in [0.5, 0.6) is 0 Å². The number of halogens is 1. The highest BCUT2D eigenvalue weighted by atomic mass is 35.5. The van der Waals surface area contributed by atoms with Crippen molar-refractivity contribution in [3.63, 3.8) is 0 Å². The molecule has 1 fully saturated rings. The average Bonchev–Trinajstić information content (AvgIpc) is 3.35. The van der Waals surface area contributed by atoms with Crippen LogP contribution < -0.4 is 11.1 Å². The molecule has 2 aromatic rings. The molecule has 2 aliphatic rings. The van der Waals surface area contributed by atoms with E-state index in [1.165, 1.54) is 6.20 Å². The molecule has 16 heteroatoms. The first-order valence-corrected chi connectivity index (χ1v) is 11.4. The van der Waals surface area contributed by atoms with Crippen molar-refractivity contribution < 1.29 is 19.5 Å². The summed E-state index contributed by atoms with van der Waals surface area (Å²) in [5.74, 6) is -2.72. The lowest BCUT2D eigenvalue weighted by Crippen LogP contribution is -2.71. The smallest absolute Gasteiger partial charge is 0.353 e. The topological polar surface area (TPSA) is 181 Å². The SMILES string of the molecule is Nc1nc(C(N=O)C(=O)NC2C(=O)N3C(C(=O)O)=C(Sc4cnsn4)CCC23)c(Cl)s1. The van der Waals surface area contributed by atoms with Crippen molar-refractivity contribution in [2.45, 2.75) is 36.0 Å². The summed E-state index contributed by atoms with van der Waals surface area (Å²) in [6.45, 7) is 0. The standard InChI is InChI=1S/C15H12ClN7O5S3/c16-11-8(20-15(17)30-11)9(21-28)12(24)19-7-4-1-2-5(29-6-3-18-31-22-6)10(14(26)27)23(4)13(7)25/h3-4,7,9H,1-2H2,(H2,17,20)(H,19,24)(H,26,27). The maximum Gasteiger partial charge on any atom is 0.353 e. The van der Waals surface area contributed by atoms with Crippen molar-refractivity contribution in [3.05, 3.63) is 31.7 Å². The van der Waals surface area contributed by atoms with Crippen molar-refractivity contribution in [2.24, 2.45) is 5.18 Å². The van der Waals surface area contributed by atoms with Gasteiger partial charge in [0.25, 0.3) is 11.8 Å². The summed E-state index contributed by atoms with van der Waals surface area (Å²) < 4.78 is 7.97. The third kappa shape index (κ3) is 3.88. The molecule has 3 atom stereocenters. The first kappa shape index (κ1) is 21.6. The number of nitrogen functional groups attached to an aromatic ring is 1. The fraction of sp³-hybridized carbons (Fsp3) is 0.333. The highest BCUT2D eigenvalue weighted by Crippen LogP contribution is 2.43. The van der Waals surface area contributed by atoms with Gasteiger partial charge in [-0.05, 0) is 18.0 Å². The number of carboxylic acid groups (broad SMARTS) is 1. The number of aromatic nitrogens is 3. The van der Waals surface area contributed by atoms with Crippen LogP contribution in [0.2, 0.25) is 4.34 Å². The number of nitrogens with one attached hydrogen (secondary N) is 1. The minimum Gasteiger partial charge on any atom is -0.477 e. The number of allylic oxidation sites excluding steroid dienone is 1. The lowest BCUT2D eigenvalue weighted by molar-refractivity contribution is -0.156. The fourth-order valence-electron chi connectivity index (χ4n) is 3.41. The number of thioether (sulfide) groups is 1. The molecule has 4 N–H and O–H groups in total. The van der Waals surface area contributed by atoms with E-state index in [1.54, 1.807) is 0 Å². The van der Waals surface area contributed by atoms with Crippen LogP contribution in [0.3, 0.4) is 0 Å². The van der Waals surface area contributed by atoms with E-state index in [2.05, 4.69) is 24.2 Å². The number of nitroso groups, excluding NO2 is 1. The number of thiazole rings is 1. The Morgan fingerprint density at radius 3 is 2.84 bits per heavy atom. The van der Waals surface area contributed by atoms with E-state index in [4.69, 9.17) is 17.3 Å². The van der Waals surface area contributed by atoms with Gasteiger partial charge in [-0.25, -0.2) is 9.78 Å². The maximum atomic E-state index is 12.7. The van der Waals surface area contributed by atoms with Crippen molar-refractivity contribution in [1.29, 1.82) is 0 Å². The summed E-state index contributed by atoms with van der Waals surface area (Å²) in [4.78, 5) is 53.9. The molecule has 0 bridgehead atoms. The summed E-state index contributed by atoms with van der Waals surface area (Å²) in [5, 5.41) is 15.5. The normalized spacial score (nSPS) is 21.3. The monoisotopic (exact) mass is 501 g/mol. The number of carbonyl (C=O) groups excluding carboxylic acids is 2. The van der Waals surface area contributed by atoms with Crippen LogP contribution in [-0.2, 0) is 14.4 Å². The van der Waals surface area contributed by atoms with Gasteiger partial charge in [0.05, 0.1) is 24.0 Å². The van der Waals surface area contributed by atoms with Gasteiger partial charge < -0.3 is 16.2 Å². The van der Waals surface area contributed by atoms with E-state index in [9.17, 15) is 24.4 Å². The minimum absolute atomic E-state index is 0.0470. The molecule has 0 radical (unpaired) electrons. The Morgan fingerprint density at radius 1 is 1.48 bits per heavy atom. The molecule has 0 spiro atoms. The number of hydrogen-bond donors (Lipinski definition) is 3. The number of nitrogens with zero attached hydrogens (tertiary/aromatic N) is 5. The Kier molecular flexibility index (Phi) is 5.92. The van der Waals surface area contributed by atoms with E-state index in [0.29, 0.717) is 22.8 Å². The number of carboxylic acids is 1. The van der Waals surface area contributed by atoms with Gasteiger partial charge in [0.2, 0.25) is 6.04 Å². The summed E-state index contributed by atoms with van der Waals surface area (Å²) in [6.07, 6.45) is 2.29. The first-order valence-electron chi connectivity index (χ1n) is 8.61. The predicted octanol–water partition coefficient (Wildman–Crippen LogP) is 1.62. The zero-order valence-corrected chi connectivity index (χ0v) is 18.4. The van der Waals surface area contributed by atoms with Gasteiger partial charge in [0.1, 0.15) is 26.8 Å². The molecule has 31 heavy (non-hydrogen) atoms. The number of β-lactam (4-membered cyclic amide) rings is 1. The number of hydrogen-bond acceptors (Lipinski definition) is 12. The second-order valence-electron chi connectivity index (χ2n) is 6.44. The van der Waals surface area contributed by atoms with Gasteiger partial charge in [-0.3, -0.25) is 14.5 Å². The lowest BCUT2D eigenvalue weighted by atomic mass is 9.86. The number of aliphatic carboxylic acids is 1. The van der Waals surface area contributed by atoms with Gasteiger partial charge in [-0.1, -0.05) is 34.7 Å². The van der Waals surface area contributed by atoms with Crippen molar-refractivity contribution >= 4 is 69.3 Å². The summed E-state index contributed by atoms with van der Waals surface area (Å²) >= 11 is 8.97. The van der Waals surface area contributed by atoms with Crippen LogP contribution in [0.25, 0.3) is 0 Å². The van der Waals surface area contributed by atoms with Crippen LogP contribution in [-0.4, -0.2) is 53.6 Å². The van der Waals surface area contributed by atoms with Gasteiger partial charge >= 0.3 is 5.97 Å². The Hall–Kier alpha value is -2.62. The summed E-state index contributed by atoms with van der Waals surface area (Å²) in [5.41, 5.74) is 5.30. The van der Waals surface area contributed by atoms with E-state index in [0.717, 1.165) is 39.7 Å². The maximum absolute atomic E-state index is 12.7. The number of amides is 2. The van der Waals surface area contributed by atoms with Crippen molar-refractivity contribution in [3.8, 4) is 0 Å². The molecule has 3 unspecified atom stereocenters. The van der Waals surface area contributed by atoms with Crippen LogP contribution in [0.1, 0.15) is 24.6 Å². The van der Waals surface area contributed by atoms with Gasteiger partial charge in [-0.2, -0.15) is 8.75 Å². The average molecular weight is 502 g/mol. The second-order valence-corrected chi connectivity index (χ2v) is 9.75. The Morgan fingerprint density at radius 2 is 2.26 bits per heavy atom. The molecule has 2 amide bonds. The fourth-order valence-corrected chi connectivity index (χ4v) is 5.88. The summed E-state index contributed by atoms with van der Waals surface area (Å²) in [6, 6.07) is -3.14. The molecule has 162 valence electrons. The molecule has 0 aromatic carbocycles. The molecule has 4 heterocycles. The van der Waals surface area contributed by atoms with Crippen LogP contribution in [0.4, 0.5) is 5.13 Å². The van der Waals surface area contributed by atoms with Crippen LogP contribution in [0, 0.1) is 4.91 Å². The first-order chi connectivity index (χ1) is 14.8. The molecular formula is C15H12ClN7O5S3. The summed E-state index contributed by atoms with van der Waals surface area (Å²) in [7, 11) is 0. The number of rotatable bonds is 7. The highest BCUT2D eigenvalue weighted by Gasteiger charge is 2.54. The third-order valence-electron chi connectivity index (χ3n) is 4.70. The van der Waals surface area contributed by atoms with Gasteiger partial charge in [-0.15, -0.1) is 4.91 Å². The third-order valence-corrected chi connectivity index (χ3v) is 7.46. The quantitative estimate of drug-likeness (QED) is 0.372. The molecule has 0 saturated carbocycles. The van der Waals surface area contributed by atoms with E-state index >= 15 is 0 Å². The molecule has 2 aliphatic heterocycles. The van der Waals surface area contributed by atoms with Gasteiger partial charge in [0, 0.05) is 4.91 Å². The number of fused-ring (bicyclic) bond motifs is 1. The zero-order chi connectivity index (χ0) is 22.3. The van der Waals surface area contributed by atoms with Crippen LogP contribution in [0.15, 0.2) is 27.0 Å². The van der Waals surface area contributed by atoms with E-state index in [-0.39, 0.29) is 20.9 Å². The Labute approximate surface area is 191 Å². The Balaban J connectivity index is 1.52. The number of carbonyl (C=O) groups is 3. The largest absolute Gasteiger partial charge is 0.477 e. The van der Waals surface area contributed by atoms with Crippen LogP contribution >= 0.6 is 46.4 Å². The molecule has 2 aromatic heterocycles. The molecule has 4 rings (SSSR count). The number of nitrogens with two attached hydrogens (primary N) is 1.